The first-order chi connectivity index (χ1) is 6.74. The summed E-state index contributed by atoms with van der Waals surface area (Å²) in [5.74, 6) is 0.361. The van der Waals surface area contributed by atoms with Gasteiger partial charge in [-0.25, -0.2) is 0 Å². The maximum Gasteiger partial charge on any atom is 0.148 e. The number of nitrogens with zero attached hydrogens (tertiary/aromatic N) is 1. The van der Waals surface area contributed by atoms with E-state index in [9.17, 15) is 4.79 Å². The Bertz CT molecular complexity index is 351. The van der Waals surface area contributed by atoms with Crippen molar-refractivity contribution in [2.75, 3.05) is 13.1 Å². The third kappa shape index (κ3) is 2.42. The molecule has 1 heterocycles. The van der Waals surface area contributed by atoms with Crippen LogP contribution in [0.1, 0.15) is 12.0 Å². The maximum absolute atomic E-state index is 11.1. The van der Waals surface area contributed by atoms with Gasteiger partial charge in [-0.1, -0.05) is 28.1 Å². The van der Waals surface area contributed by atoms with E-state index in [0.29, 0.717) is 18.7 Å². The predicted molar refractivity (Wildman–Crippen MR) is 59.0 cm³/mol. The molecule has 0 radical (unpaired) electrons. The zero-order valence-corrected chi connectivity index (χ0v) is 9.46. The lowest BCUT2D eigenvalue weighted by Crippen LogP contribution is -2.19. The molecule has 0 aliphatic carbocycles. The Morgan fingerprint density at radius 2 is 2.29 bits per heavy atom. The van der Waals surface area contributed by atoms with Gasteiger partial charge in [-0.05, 0) is 17.7 Å². The number of likely N-dealkylation sites (tertiary alicyclic amines) is 1. The fourth-order valence-electron chi connectivity index (χ4n) is 1.72. The van der Waals surface area contributed by atoms with Crippen LogP contribution in [0.3, 0.4) is 0 Å². The standard InChI is InChI=1S/C11H12BrNO/c12-10-3-1-2-9(6-10)7-13-5-4-11(14)8-13/h1-3,6H,4-5,7-8H2. The number of Topliss-reactive ketones (excluding diaryl/α,β-unsaturated/α-hetero) is 1. The van der Waals surface area contributed by atoms with Gasteiger partial charge in [0.25, 0.3) is 0 Å². The normalized spacial score (nSPS) is 17.6. The summed E-state index contributed by atoms with van der Waals surface area (Å²) in [4.78, 5) is 13.2. The van der Waals surface area contributed by atoms with Crippen LogP contribution in [0.4, 0.5) is 0 Å². The molecule has 74 valence electrons. The Balaban J connectivity index is 2.00. The van der Waals surface area contributed by atoms with Crippen LogP contribution in [0.2, 0.25) is 0 Å². The monoisotopic (exact) mass is 253 g/mol. The topological polar surface area (TPSA) is 20.3 Å². The van der Waals surface area contributed by atoms with E-state index in [1.54, 1.807) is 0 Å². The number of hydrogen-bond donors (Lipinski definition) is 0. The second-order valence-corrected chi connectivity index (χ2v) is 4.54. The second-order valence-electron chi connectivity index (χ2n) is 3.63. The largest absolute Gasteiger partial charge is 0.298 e. The molecule has 0 spiro atoms. The van der Waals surface area contributed by atoms with Crippen molar-refractivity contribution in [1.82, 2.24) is 4.90 Å². The van der Waals surface area contributed by atoms with Crippen molar-refractivity contribution >= 4 is 21.7 Å². The first-order valence-electron chi connectivity index (χ1n) is 4.72. The molecule has 0 atom stereocenters. The Hall–Kier alpha value is -0.670. The summed E-state index contributed by atoms with van der Waals surface area (Å²) in [6.45, 7) is 2.41. The SMILES string of the molecule is O=C1CCN(Cc2cccc(Br)c2)C1. The molecule has 1 aliphatic heterocycles. The molecule has 0 bridgehead atoms. The van der Waals surface area contributed by atoms with Crippen LogP contribution in [0.15, 0.2) is 28.7 Å². The molecule has 1 saturated heterocycles. The Morgan fingerprint density at radius 3 is 2.93 bits per heavy atom. The van der Waals surface area contributed by atoms with Crippen LogP contribution >= 0.6 is 15.9 Å². The molecule has 1 fully saturated rings. The third-order valence-electron chi connectivity index (χ3n) is 2.40. The highest BCUT2D eigenvalue weighted by molar-refractivity contribution is 9.10. The number of ketones is 1. The van der Waals surface area contributed by atoms with Gasteiger partial charge in [0.15, 0.2) is 0 Å². The van der Waals surface area contributed by atoms with Gasteiger partial charge in [0.05, 0.1) is 6.54 Å². The average molecular weight is 254 g/mol. The highest BCUT2D eigenvalue weighted by Gasteiger charge is 2.18. The Morgan fingerprint density at radius 1 is 1.43 bits per heavy atom. The molecular formula is C11H12BrNO. The van der Waals surface area contributed by atoms with Gasteiger partial charge in [0.1, 0.15) is 5.78 Å². The highest BCUT2D eigenvalue weighted by Crippen LogP contribution is 2.15. The van der Waals surface area contributed by atoms with Crippen molar-refractivity contribution < 1.29 is 4.79 Å². The average Bonchev–Trinajstić information content (AvgIpc) is 2.51. The van der Waals surface area contributed by atoms with Crippen molar-refractivity contribution in [2.45, 2.75) is 13.0 Å². The van der Waals surface area contributed by atoms with Crippen LogP contribution in [-0.4, -0.2) is 23.8 Å². The van der Waals surface area contributed by atoms with E-state index in [4.69, 9.17) is 0 Å². The molecule has 0 saturated carbocycles. The van der Waals surface area contributed by atoms with Gasteiger partial charge in [-0.3, -0.25) is 9.69 Å². The number of carbonyl (C=O) groups is 1. The summed E-state index contributed by atoms with van der Waals surface area (Å²) < 4.78 is 1.10. The first-order valence-corrected chi connectivity index (χ1v) is 5.52. The van der Waals surface area contributed by atoms with Gasteiger partial charge in [-0.15, -0.1) is 0 Å². The summed E-state index contributed by atoms with van der Waals surface area (Å²) in [5, 5.41) is 0. The fraction of sp³-hybridized carbons (Fsp3) is 0.364. The van der Waals surface area contributed by atoms with E-state index in [2.05, 4.69) is 33.0 Å². The van der Waals surface area contributed by atoms with E-state index < -0.39 is 0 Å². The van der Waals surface area contributed by atoms with Crippen LogP contribution < -0.4 is 0 Å². The quantitative estimate of drug-likeness (QED) is 0.806. The minimum atomic E-state index is 0.361. The van der Waals surface area contributed by atoms with Crippen molar-refractivity contribution in [3.8, 4) is 0 Å². The molecule has 0 aromatic heterocycles. The highest BCUT2D eigenvalue weighted by atomic mass is 79.9. The van der Waals surface area contributed by atoms with Gasteiger partial charge >= 0.3 is 0 Å². The molecule has 1 aromatic rings. The van der Waals surface area contributed by atoms with E-state index in [1.165, 1.54) is 5.56 Å². The number of rotatable bonds is 2. The maximum atomic E-state index is 11.1. The Labute approximate surface area is 92.0 Å². The van der Waals surface area contributed by atoms with Gasteiger partial charge in [0.2, 0.25) is 0 Å². The molecule has 3 heteroatoms. The molecule has 0 amide bonds. The smallest absolute Gasteiger partial charge is 0.148 e. The summed E-state index contributed by atoms with van der Waals surface area (Å²) in [6.07, 6.45) is 0.716. The number of hydrogen-bond acceptors (Lipinski definition) is 2. The van der Waals surface area contributed by atoms with Crippen LogP contribution in [0.25, 0.3) is 0 Å². The molecule has 2 rings (SSSR count). The first kappa shape index (κ1) is 9.87. The van der Waals surface area contributed by atoms with Gasteiger partial charge < -0.3 is 0 Å². The lowest BCUT2D eigenvalue weighted by atomic mass is 10.2. The lowest BCUT2D eigenvalue weighted by Gasteiger charge is -2.13. The third-order valence-corrected chi connectivity index (χ3v) is 2.90. The fourth-order valence-corrected chi connectivity index (χ4v) is 2.17. The zero-order valence-electron chi connectivity index (χ0n) is 7.87. The van der Waals surface area contributed by atoms with Crippen molar-refractivity contribution in [2.24, 2.45) is 0 Å². The lowest BCUT2D eigenvalue weighted by molar-refractivity contribution is -0.116. The van der Waals surface area contributed by atoms with Crippen LogP contribution in [-0.2, 0) is 11.3 Å². The van der Waals surface area contributed by atoms with Crippen LogP contribution in [0, 0.1) is 0 Å². The van der Waals surface area contributed by atoms with Gasteiger partial charge in [-0.2, -0.15) is 0 Å². The molecule has 2 nitrogen and oxygen atoms in total. The molecule has 14 heavy (non-hydrogen) atoms. The predicted octanol–water partition coefficient (Wildman–Crippen LogP) is 2.22. The number of benzene rings is 1. The summed E-state index contributed by atoms with van der Waals surface area (Å²) >= 11 is 3.44. The van der Waals surface area contributed by atoms with E-state index in [1.807, 2.05) is 12.1 Å². The van der Waals surface area contributed by atoms with E-state index in [-0.39, 0.29) is 0 Å². The summed E-state index contributed by atoms with van der Waals surface area (Å²) in [6, 6.07) is 8.23. The van der Waals surface area contributed by atoms with Crippen LogP contribution in [0.5, 0.6) is 0 Å². The Kier molecular flexibility index (Phi) is 2.99. The molecule has 0 N–H and O–H groups in total. The van der Waals surface area contributed by atoms with Gasteiger partial charge in [0, 0.05) is 24.0 Å². The molecule has 0 unspecified atom stereocenters. The number of halogens is 1. The van der Waals surface area contributed by atoms with E-state index in [0.717, 1.165) is 17.6 Å². The molecule has 1 aromatic carbocycles. The van der Waals surface area contributed by atoms with Crippen molar-refractivity contribution in [3.63, 3.8) is 0 Å². The summed E-state index contributed by atoms with van der Waals surface area (Å²) in [5.41, 5.74) is 1.26. The minimum absolute atomic E-state index is 0.361. The minimum Gasteiger partial charge on any atom is -0.298 e. The van der Waals surface area contributed by atoms with Crippen molar-refractivity contribution in [3.05, 3.63) is 34.3 Å². The zero-order chi connectivity index (χ0) is 9.97. The van der Waals surface area contributed by atoms with E-state index >= 15 is 0 Å². The van der Waals surface area contributed by atoms with Crippen molar-refractivity contribution in [1.29, 1.82) is 0 Å². The second kappa shape index (κ2) is 4.24. The number of carbonyl (C=O) groups excluding carboxylic acids is 1. The molecular weight excluding hydrogens is 242 g/mol. The summed E-state index contributed by atoms with van der Waals surface area (Å²) in [7, 11) is 0. The molecule has 1 aliphatic rings.